The van der Waals surface area contributed by atoms with E-state index in [2.05, 4.69) is 24.0 Å². The van der Waals surface area contributed by atoms with Crippen LogP contribution in [0, 0.1) is 5.41 Å². The van der Waals surface area contributed by atoms with Gasteiger partial charge in [-0.15, -0.1) is 6.58 Å². The Morgan fingerprint density at radius 3 is 2.45 bits per heavy atom. The van der Waals surface area contributed by atoms with Gasteiger partial charge in [-0.1, -0.05) is 60.7 Å². The molecule has 1 heterocycles. The van der Waals surface area contributed by atoms with Gasteiger partial charge in [0, 0.05) is 18.3 Å². The monoisotopic (exact) mass is 440 g/mol. The van der Waals surface area contributed by atoms with E-state index in [0.29, 0.717) is 23.7 Å². The van der Waals surface area contributed by atoms with Crippen molar-refractivity contribution in [3.8, 4) is 16.9 Å². The van der Waals surface area contributed by atoms with Crippen LogP contribution in [0.5, 0.6) is 5.75 Å². The summed E-state index contributed by atoms with van der Waals surface area (Å²) in [6.45, 7) is 8.15. The molecule has 4 rings (SSSR count). The molecule has 1 aliphatic heterocycles. The molecule has 0 fully saturated rings. The molecule has 0 radical (unpaired) electrons. The first-order chi connectivity index (χ1) is 15.9. The SMILES string of the molecule is C=CCN1C(=O)C(C)(C)COc2cc(NC(=O)Cc3ccc(-c4ccccc4)cc3)ccc21. The van der Waals surface area contributed by atoms with Crippen LogP contribution in [0.4, 0.5) is 11.4 Å². The van der Waals surface area contributed by atoms with E-state index in [0.717, 1.165) is 16.7 Å². The zero-order valence-corrected chi connectivity index (χ0v) is 19.0. The van der Waals surface area contributed by atoms with Crippen molar-refractivity contribution < 1.29 is 14.3 Å². The van der Waals surface area contributed by atoms with Crippen molar-refractivity contribution in [1.82, 2.24) is 0 Å². The second-order valence-corrected chi connectivity index (χ2v) is 8.85. The number of nitrogens with one attached hydrogen (secondary N) is 1. The first kappa shape index (κ1) is 22.3. The Morgan fingerprint density at radius 1 is 1.06 bits per heavy atom. The predicted molar refractivity (Wildman–Crippen MR) is 132 cm³/mol. The minimum atomic E-state index is -0.655. The molecule has 3 aromatic rings. The molecule has 5 nitrogen and oxygen atoms in total. The zero-order valence-electron chi connectivity index (χ0n) is 19.0. The highest BCUT2D eigenvalue weighted by Gasteiger charge is 2.37. The van der Waals surface area contributed by atoms with E-state index in [4.69, 9.17) is 4.74 Å². The summed E-state index contributed by atoms with van der Waals surface area (Å²) >= 11 is 0. The summed E-state index contributed by atoms with van der Waals surface area (Å²) in [6, 6.07) is 23.5. The fourth-order valence-corrected chi connectivity index (χ4v) is 3.87. The molecule has 0 aliphatic carbocycles. The van der Waals surface area contributed by atoms with E-state index in [9.17, 15) is 9.59 Å². The molecule has 0 spiro atoms. The maximum absolute atomic E-state index is 12.9. The number of hydrogen-bond acceptors (Lipinski definition) is 3. The third-order valence-corrected chi connectivity index (χ3v) is 5.68. The molecule has 0 saturated carbocycles. The standard InChI is InChI=1S/C28H28N2O3/c1-4-16-30-24-15-14-23(18-25(24)33-19-28(2,3)27(30)32)29-26(31)17-20-10-12-22(13-11-20)21-8-6-5-7-9-21/h4-15,18H,1,16-17,19H2,2-3H3,(H,29,31). The van der Waals surface area contributed by atoms with Gasteiger partial charge < -0.3 is 15.0 Å². The number of fused-ring (bicyclic) bond motifs is 1. The number of rotatable bonds is 6. The Balaban J connectivity index is 1.46. The predicted octanol–water partition coefficient (Wildman–Crippen LogP) is 5.47. The molecule has 2 amide bonds. The van der Waals surface area contributed by atoms with Crippen LogP contribution in [-0.2, 0) is 16.0 Å². The molecule has 0 saturated heterocycles. The van der Waals surface area contributed by atoms with E-state index >= 15 is 0 Å². The Bertz CT molecular complexity index is 1170. The van der Waals surface area contributed by atoms with Gasteiger partial charge >= 0.3 is 0 Å². The van der Waals surface area contributed by atoms with Crippen LogP contribution in [0.2, 0.25) is 0 Å². The number of carbonyl (C=O) groups is 2. The lowest BCUT2D eigenvalue weighted by molar-refractivity contribution is -0.127. The summed E-state index contributed by atoms with van der Waals surface area (Å²) in [5.41, 5.74) is 3.85. The average Bonchev–Trinajstić information content (AvgIpc) is 2.90. The molecule has 0 aromatic heterocycles. The van der Waals surface area contributed by atoms with Crippen molar-refractivity contribution in [2.45, 2.75) is 20.3 Å². The van der Waals surface area contributed by atoms with Gasteiger partial charge in [-0.05, 0) is 42.7 Å². The van der Waals surface area contributed by atoms with Crippen LogP contribution in [0.3, 0.4) is 0 Å². The Kier molecular flexibility index (Phi) is 6.31. The lowest BCUT2D eigenvalue weighted by Gasteiger charge is -2.27. The molecule has 0 unspecified atom stereocenters. The van der Waals surface area contributed by atoms with E-state index in [1.165, 1.54) is 0 Å². The Morgan fingerprint density at radius 2 is 1.76 bits per heavy atom. The molecule has 33 heavy (non-hydrogen) atoms. The number of amides is 2. The van der Waals surface area contributed by atoms with E-state index in [1.54, 1.807) is 23.1 Å². The van der Waals surface area contributed by atoms with Gasteiger partial charge in [-0.25, -0.2) is 0 Å². The molecule has 0 atom stereocenters. The normalized spacial score (nSPS) is 14.6. The van der Waals surface area contributed by atoms with Gasteiger partial charge in [0.2, 0.25) is 11.8 Å². The maximum Gasteiger partial charge on any atom is 0.236 e. The summed E-state index contributed by atoms with van der Waals surface area (Å²) in [5, 5.41) is 2.94. The zero-order chi connectivity index (χ0) is 23.4. The van der Waals surface area contributed by atoms with Crippen molar-refractivity contribution >= 4 is 23.2 Å². The lowest BCUT2D eigenvalue weighted by Crippen LogP contribution is -2.42. The van der Waals surface area contributed by atoms with Crippen molar-refractivity contribution in [3.63, 3.8) is 0 Å². The van der Waals surface area contributed by atoms with E-state index in [1.807, 2.05) is 62.4 Å². The summed E-state index contributed by atoms with van der Waals surface area (Å²) < 4.78 is 5.96. The van der Waals surface area contributed by atoms with Gasteiger partial charge in [0.1, 0.15) is 12.4 Å². The smallest absolute Gasteiger partial charge is 0.236 e. The molecular formula is C28H28N2O3. The average molecular weight is 441 g/mol. The van der Waals surface area contributed by atoms with Crippen LogP contribution in [-0.4, -0.2) is 25.0 Å². The summed E-state index contributed by atoms with van der Waals surface area (Å²) in [7, 11) is 0. The summed E-state index contributed by atoms with van der Waals surface area (Å²) in [4.78, 5) is 27.3. The van der Waals surface area contributed by atoms with E-state index in [-0.39, 0.29) is 24.8 Å². The highest BCUT2D eigenvalue weighted by Crippen LogP contribution is 2.38. The number of ether oxygens (including phenoxy) is 1. The van der Waals surface area contributed by atoms with Crippen molar-refractivity contribution in [1.29, 1.82) is 0 Å². The second kappa shape index (κ2) is 9.33. The molecular weight excluding hydrogens is 412 g/mol. The molecule has 168 valence electrons. The van der Waals surface area contributed by atoms with Gasteiger partial charge in [0.15, 0.2) is 0 Å². The summed E-state index contributed by atoms with van der Waals surface area (Å²) in [5.74, 6) is 0.438. The van der Waals surface area contributed by atoms with Gasteiger partial charge in [0.25, 0.3) is 0 Å². The quantitative estimate of drug-likeness (QED) is 0.517. The van der Waals surface area contributed by atoms with Crippen LogP contribution >= 0.6 is 0 Å². The highest BCUT2D eigenvalue weighted by atomic mass is 16.5. The number of nitrogens with zero attached hydrogens (tertiary/aromatic N) is 1. The van der Waals surface area contributed by atoms with Gasteiger partial charge in [-0.3, -0.25) is 9.59 Å². The molecule has 1 aliphatic rings. The second-order valence-electron chi connectivity index (χ2n) is 8.85. The van der Waals surface area contributed by atoms with Crippen LogP contribution < -0.4 is 15.0 Å². The molecule has 1 N–H and O–H groups in total. The Labute approximate surface area is 194 Å². The molecule has 5 heteroatoms. The fraction of sp³-hybridized carbons (Fsp3) is 0.214. The third-order valence-electron chi connectivity index (χ3n) is 5.68. The summed E-state index contributed by atoms with van der Waals surface area (Å²) in [6.07, 6.45) is 1.96. The van der Waals surface area contributed by atoms with Crippen LogP contribution in [0.1, 0.15) is 19.4 Å². The van der Waals surface area contributed by atoms with Gasteiger partial charge in [-0.2, -0.15) is 0 Å². The van der Waals surface area contributed by atoms with Crippen molar-refractivity contribution in [2.24, 2.45) is 5.41 Å². The number of benzene rings is 3. The molecule has 3 aromatic carbocycles. The van der Waals surface area contributed by atoms with Crippen LogP contribution in [0.15, 0.2) is 85.5 Å². The minimum Gasteiger partial charge on any atom is -0.490 e. The number of hydrogen-bond donors (Lipinski definition) is 1. The third kappa shape index (κ3) is 4.98. The first-order valence-electron chi connectivity index (χ1n) is 11.0. The highest BCUT2D eigenvalue weighted by molar-refractivity contribution is 6.00. The largest absolute Gasteiger partial charge is 0.490 e. The molecule has 0 bridgehead atoms. The Hall–Kier alpha value is -3.86. The van der Waals surface area contributed by atoms with Crippen LogP contribution in [0.25, 0.3) is 11.1 Å². The number of anilines is 2. The van der Waals surface area contributed by atoms with E-state index < -0.39 is 5.41 Å². The number of carbonyl (C=O) groups excluding carboxylic acids is 2. The fourth-order valence-electron chi connectivity index (χ4n) is 3.87. The topological polar surface area (TPSA) is 58.6 Å². The lowest BCUT2D eigenvalue weighted by atomic mass is 9.93. The van der Waals surface area contributed by atoms with Gasteiger partial charge in [0.05, 0.1) is 17.5 Å². The minimum absolute atomic E-state index is 0.0168. The van der Waals surface area contributed by atoms with Crippen molar-refractivity contribution in [3.05, 3.63) is 91.0 Å². The van der Waals surface area contributed by atoms with Crippen molar-refractivity contribution in [2.75, 3.05) is 23.4 Å². The first-order valence-corrected chi connectivity index (χ1v) is 11.0. The maximum atomic E-state index is 12.9.